The van der Waals surface area contributed by atoms with Gasteiger partial charge in [0.25, 0.3) is 0 Å². The van der Waals surface area contributed by atoms with E-state index in [9.17, 15) is 4.79 Å². The van der Waals surface area contributed by atoms with Gasteiger partial charge in [0.05, 0.1) is 14.2 Å². The minimum atomic E-state index is 0.0584. The number of ketones is 1. The summed E-state index contributed by atoms with van der Waals surface area (Å²) in [6, 6.07) is 6.79. The first-order valence-electron chi connectivity index (χ1n) is 8.45. The van der Waals surface area contributed by atoms with Crippen molar-refractivity contribution in [1.29, 1.82) is 0 Å². The molecule has 0 N–H and O–H groups in total. The molecule has 0 bridgehead atoms. The van der Waals surface area contributed by atoms with Crippen LogP contribution in [-0.2, 0) is 10.2 Å². The highest BCUT2D eigenvalue weighted by molar-refractivity contribution is 5.78. The van der Waals surface area contributed by atoms with Crippen molar-refractivity contribution in [3.05, 3.63) is 23.8 Å². The molecule has 1 aliphatic carbocycles. The Hall–Kier alpha value is -1.55. The number of methoxy groups -OCH3 is 2. The molecular formula is C19H27NO3. The summed E-state index contributed by atoms with van der Waals surface area (Å²) >= 11 is 0. The molecule has 1 heterocycles. The van der Waals surface area contributed by atoms with E-state index < -0.39 is 0 Å². The lowest BCUT2D eigenvalue weighted by atomic mass is 9.62. The van der Waals surface area contributed by atoms with Gasteiger partial charge in [-0.2, -0.15) is 0 Å². The molecule has 23 heavy (non-hydrogen) atoms. The highest BCUT2D eigenvalue weighted by atomic mass is 16.5. The molecule has 0 spiro atoms. The fourth-order valence-corrected chi connectivity index (χ4v) is 4.70. The molecule has 2 fully saturated rings. The lowest BCUT2D eigenvalue weighted by Gasteiger charge is -2.44. The van der Waals surface area contributed by atoms with Crippen LogP contribution in [0.25, 0.3) is 0 Å². The molecule has 0 amide bonds. The number of benzene rings is 1. The van der Waals surface area contributed by atoms with Gasteiger partial charge in [0.15, 0.2) is 11.5 Å². The van der Waals surface area contributed by atoms with Crippen molar-refractivity contribution in [2.24, 2.45) is 5.92 Å². The molecule has 0 radical (unpaired) electrons. The van der Waals surface area contributed by atoms with Crippen LogP contribution in [0.5, 0.6) is 11.5 Å². The maximum atomic E-state index is 12.0. The first-order valence-corrected chi connectivity index (χ1v) is 8.45. The van der Waals surface area contributed by atoms with Crippen molar-refractivity contribution in [2.45, 2.75) is 44.1 Å². The lowest BCUT2D eigenvalue weighted by Crippen LogP contribution is -2.47. The highest BCUT2D eigenvalue weighted by Crippen LogP contribution is 2.51. The molecule has 2 aliphatic rings. The zero-order valence-corrected chi connectivity index (χ0v) is 14.6. The molecule has 0 aromatic heterocycles. The molecule has 1 saturated carbocycles. The number of nitrogens with zero attached hydrogens (tertiary/aromatic N) is 1. The number of likely N-dealkylation sites (N-methyl/N-ethyl adjacent to an activating group) is 1. The molecule has 4 nitrogen and oxygen atoms in total. The molecular weight excluding hydrogens is 290 g/mol. The van der Waals surface area contributed by atoms with Crippen molar-refractivity contribution in [3.63, 3.8) is 0 Å². The van der Waals surface area contributed by atoms with Crippen LogP contribution in [0.2, 0.25) is 0 Å². The van der Waals surface area contributed by atoms with Gasteiger partial charge in [0, 0.05) is 17.4 Å². The van der Waals surface area contributed by atoms with Crippen LogP contribution in [0.15, 0.2) is 18.2 Å². The van der Waals surface area contributed by atoms with Crippen LogP contribution in [0.1, 0.15) is 38.2 Å². The summed E-state index contributed by atoms with van der Waals surface area (Å²) in [6.45, 7) is 2.83. The van der Waals surface area contributed by atoms with Gasteiger partial charge in [0.2, 0.25) is 0 Å². The summed E-state index contributed by atoms with van der Waals surface area (Å²) < 4.78 is 10.9. The predicted octanol–water partition coefficient (Wildman–Crippen LogP) is 3.03. The normalized spacial score (nSPS) is 30.8. The first-order chi connectivity index (χ1) is 11.0. The van der Waals surface area contributed by atoms with Gasteiger partial charge in [-0.1, -0.05) is 6.07 Å². The minimum Gasteiger partial charge on any atom is -0.493 e. The Balaban J connectivity index is 2.03. The van der Waals surface area contributed by atoms with E-state index in [2.05, 4.69) is 24.1 Å². The molecule has 126 valence electrons. The molecule has 2 unspecified atom stereocenters. The van der Waals surface area contributed by atoms with Gasteiger partial charge < -0.3 is 14.4 Å². The monoisotopic (exact) mass is 317 g/mol. The minimum absolute atomic E-state index is 0.0584. The highest BCUT2D eigenvalue weighted by Gasteiger charge is 2.51. The fourth-order valence-electron chi connectivity index (χ4n) is 4.70. The van der Waals surface area contributed by atoms with Gasteiger partial charge in [-0.15, -0.1) is 0 Å². The Morgan fingerprint density at radius 3 is 2.61 bits per heavy atom. The van der Waals surface area contributed by atoms with Gasteiger partial charge in [-0.3, -0.25) is 4.79 Å². The van der Waals surface area contributed by atoms with Gasteiger partial charge in [-0.05, 0) is 63.9 Å². The van der Waals surface area contributed by atoms with Crippen LogP contribution in [0, 0.1) is 5.92 Å². The number of carbonyl (C=O) groups is 1. The van der Waals surface area contributed by atoms with Crippen LogP contribution in [0.3, 0.4) is 0 Å². The summed E-state index contributed by atoms with van der Waals surface area (Å²) in [6.07, 6.45) is 4.16. The third-order valence-corrected chi connectivity index (χ3v) is 6.01. The van der Waals surface area contributed by atoms with E-state index in [1.165, 1.54) is 5.56 Å². The Bertz CT molecular complexity index is 600. The van der Waals surface area contributed by atoms with E-state index >= 15 is 0 Å². The summed E-state index contributed by atoms with van der Waals surface area (Å²) in [7, 11) is 5.55. The summed E-state index contributed by atoms with van der Waals surface area (Å²) in [5, 5.41) is 0. The summed E-state index contributed by atoms with van der Waals surface area (Å²) in [4.78, 5) is 14.5. The van der Waals surface area contributed by atoms with Crippen molar-refractivity contribution in [3.8, 4) is 11.5 Å². The smallest absolute Gasteiger partial charge is 0.161 e. The van der Waals surface area contributed by atoms with Gasteiger partial charge in [-0.25, -0.2) is 0 Å². The Kier molecular flexibility index (Phi) is 4.37. The number of rotatable bonds is 4. The summed E-state index contributed by atoms with van der Waals surface area (Å²) in [5.74, 6) is 2.05. The van der Waals surface area contributed by atoms with Crippen LogP contribution in [-0.4, -0.2) is 44.5 Å². The number of Topliss-reactive ketones (excluding diaryl/α,β-unsaturated/α-hetero) is 1. The van der Waals surface area contributed by atoms with E-state index in [0.717, 1.165) is 43.7 Å². The van der Waals surface area contributed by atoms with E-state index in [0.29, 0.717) is 11.8 Å². The third-order valence-electron chi connectivity index (χ3n) is 6.01. The number of hydrogen-bond acceptors (Lipinski definition) is 4. The standard InChI is InChI=1S/C19H27NO3/c1-13(21)14-5-8-18-19(12-14,9-10-20(18)2)15-6-7-16(22-3)17(11-15)23-4/h6-7,11,14,18H,5,8-10,12H2,1-4H3/t14?,18?,19-/m1/s1. The third kappa shape index (κ3) is 2.63. The van der Waals surface area contributed by atoms with Crippen LogP contribution in [0.4, 0.5) is 0 Å². The Labute approximate surface area is 138 Å². The molecule has 1 aliphatic heterocycles. The van der Waals surface area contributed by atoms with Crippen LogP contribution >= 0.6 is 0 Å². The quantitative estimate of drug-likeness (QED) is 0.855. The first kappa shape index (κ1) is 16.3. The topological polar surface area (TPSA) is 38.8 Å². The Morgan fingerprint density at radius 2 is 1.96 bits per heavy atom. The molecule has 1 aromatic carbocycles. The Morgan fingerprint density at radius 1 is 1.22 bits per heavy atom. The number of likely N-dealkylation sites (tertiary alicyclic amines) is 1. The number of carbonyl (C=O) groups excluding carboxylic acids is 1. The van der Waals surface area contributed by atoms with E-state index in [4.69, 9.17) is 9.47 Å². The molecule has 3 rings (SSSR count). The van der Waals surface area contributed by atoms with Gasteiger partial charge in [0.1, 0.15) is 5.78 Å². The summed E-state index contributed by atoms with van der Waals surface area (Å²) in [5.41, 5.74) is 1.35. The zero-order valence-electron chi connectivity index (χ0n) is 14.6. The lowest BCUT2D eigenvalue weighted by molar-refractivity contribution is -0.122. The van der Waals surface area contributed by atoms with E-state index in [-0.39, 0.29) is 11.3 Å². The van der Waals surface area contributed by atoms with Gasteiger partial charge >= 0.3 is 0 Å². The molecule has 1 aromatic rings. The average Bonchev–Trinajstić information content (AvgIpc) is 2.91. The van der Waals surface area contributed by atoms with Crippen molar-refractivity contribution >= 4 is 5.78 Å². The maximum Gasteiger partial charge on any atom is 0.161 e. The second-order valence-corrected chi connectivity index (χ2v) is 7.06. The average molecular weight is 317 g/mol. The number of hydrogen-bond donors (Lipinski definition) is 0. The molecule has 1 saturated heterocycles. The predicted molar refractivity (Wildman–Crippen MR) is 90.3 cm³/mol. The zero-order chi connectivity index (χ0) is 16.6. The molecule has 3 atom stereocenters. The van der Waals surface area contributed by atoms with Crippen LogP contribution < -0.4 is 9.47 Å². The second kappa shape index (κ2) is 6.16. The van der Waals surface area contributed by atoms with E-state index in [1.807, 2.05) is 6.07 Å². The maximum absolute atomic E-state index is 12.0. The largest absolute Gasteiger partial charge is 0.493 e. The van der Waals surface area contributed by atoms with Crippen molar-refractivity contribution in [1.82, 2.24) is 4.90 Å². The number of fused-ring (bicyclic) bond motifs is 1. The van der Waals surface area contributed by atoms with Crippen molar-refractivity contribution < 1.29 is 14.3 Å². The van der Waals surface area contributed by atoms with Crippen molar-refractivity contribution in [2.75, 3.05) is 27.8 Å². The second-order valence-electron chi connectivity index (χ2n) is 7.06. The molecule has 4 heteroatoms. The fraction of sp³-hybridized carbons (Fsp3) is 0.632. The van der Waals surface area contributed by atoms with E-state index in [1.54, 1.807) is 21.1 Å². The number of ether oxygens (including phenoxy) is 2. The SMILES string of the molecule is COc1ccc([C@]23CCN(C)C2CCC(C(C)=O)C3)cc1OC.